The van der Waals surface area contributed by atoms with Gasteiger partial charge in [-0.25, -0.2) is 0 Å². The average molecular weight is 262 g/mol. The molecular weight excluding hydrogens is 240 g/mol. The van der Waals surface area contributed by atoms with Gasteiger partial charge in [0, 0.05) is 12.0 Å². The third kappa shape index (κ3) is 4.39. The third-order valence-corrected chi connectivity index (χ3v) is 2.64. The molecule has 1 rings (SSSR count). The first-order valence-electron chi connectivity index (χ1n) is 6.55. The van der Waals surface area contributed by atoms with E-state index in [4.69, 9.17) is 0 Å². The van der Waals surface area contributed by atoms with Crippen LogP contribution in [-0.2, 0) is 4.79 Å². The number of carbonyl (C=O) groups excluding carboxylic acids is 2. The van der Waals surface area contributed by atoms with E-state index in [0.29, 0.717) is 17.8 Å². The van der Waals surface area contributed by atoms with Crippen LogP contribution in [0, 0.1) is 5.41 Å². The van der Waals surface area contributed by atoms with Crippen LogP contribution in [0.2, 0.25) is 0 Å². The molecule has 0 heterocycles. The smallest absolute Gasteiger partial charge is 0.253 e. The van der Waals surface area contributed by atoms with Gasteiger partial charge in [0.05, 0.1) is 11.3 Å². The topological polar surface area (TPSA) is 58.2 Å². The summed E-state index contributed by atoms with van der Waals surface area (Å²) in [5.41, 5.74) is 0.553. The van der Waals surface area contributed by atoms with Gasteiger partial charge in [-0.3, -0.25) is 9.59 Å². The van der Waals surface area contributed by atoms with Gasteiger partial charge < -0.3 is 10.6 Å². The second-order valence-electron chi connectivity index (χ2n) is 5.51. The Balaban J connectivity index is 2.90. The lowest BCUT2D eigenvalue weighted by Gasteiger charge is -2.19. The summed E-state index contributed by atoms with van der Waals surface area (Å²) in [6, 6.07) is 7.04. The summed E-state index contributed by atoms with van der Waals surface area (Å²) in [5.74, 6) is -0.269. The molecule has 0 spiro atoms. The van der Waals surface area contributed by atoms with E-state index >= 15 is 0 Å². The van der Waals surface area contributed by atoms with E-state index in [1.54, 1.807) is 24.3 Å². The van der Waals surface area contributed by atoms with Crippen molar-refractivity contribution in [3.63, 3.8) is 0 Å². The average Bonchev–Trinajstić information content (AvgIpc) is 2.35. The number of amides is 2. The summed E-state index contributed by atoms with van der Waals surface area (Å²) in [6.45, 7) is 8.13. The Labute approximate surface area is 114 Å². The van der Waals surface area contributed by atoms with Crippen LogP contribution in [0.15, 0.2) is 24.3 Å². The second-order valence-corrected chi connectivity index (χ2v) is 5.51. The fourth-order valence-electron chi connectivity index (χ4n) is 1.43. The van der Waals surface area contributed by atoms with Gasteiger partial charge in [0.25, 0.3) is 5.91 Å². The van der Waals surface area contributed by atoms with E-state index in [1.165, 1.54) is 0 Å². The molecule has 1 aromatic carbocycles. The first-order valence-corrected chi connectivity index (χ1v) is 6.55. The largest absolute Gasteiger partial charge is 0.352 e. The van der Waals surface area contributed by atoms with Gasteiger partial charge in [-0.05, 0) is 18.6 Å². The number of hydrogen-bond donors (Lipinski definition) is 2. The molecule has 19 heavy (non-hydrogen) atoms. The zero-order chi connectivity index (χ0) is 14.5. The van der Waals surface area contributed by atoms with E-state index in [1.807, 2.05) is 27.7 Å². The van der Waals surface area contributed by atoms with Gasteiger partial charge in [0.1, 0.15) is 0 Å². The van der Waals surface area contributed by atoms with Crippen molar-refractivity contribution in [2.24, 2.45) is 5.41 Å². The molecule has 0 aliphatic rings. The highest BCUT2D eigenvalue weighted by Crippen LogP contribution is 2.20. The van der Waals surface area contributed by atoms with Crippen molar-refractivity contribution in [3.8, 4) is 0 Å². The van der Waals surface area contributed by atoms with Gasteiger partial charge in [-0.15, -0.1) is 0 Å². The maximum absolute atomic E-state index is 12.0. The van der Waals surface area contributed by atoms with E-state index in [2.05, 4.69) is 10.6 Å². The standard InChI is InChI=1S/C15H22N2O2/c1-5-10-16-13(18)11-8-6-7-9-12(11)17-14(19)15(2,3)4/h6-9H,5,10H2,1-4H3,(H,16,18)(H,17,19). The van der Waals surface area contributed by atoms with Crippen LogP contribution in [0.25, 0.3) is 0 Å². The van der Waals surface area contributed by atoms with Crippen LogP contribution in [-0.4, -0.2) is 18.4 Å². The molecule has 1 aromatic rings. The predicted octanol–water partition coefficient (Wildman–Crippen LogP) is 2.81. The first kappa shape index (κ1) is 15.2. The maximum atomic E-state index is 12.0. The zero-order valence-electron chi connectivity index (χ0n) is 12.0. The Morgan fingerprint density at radius 3 is 2.37 bits per heavy atom. The minimum Gasteiger partial charge on any atom is -0.352 e. The summed E-state index contributed by atoms with van der Waals surface area (Å²) in [7, 11) is 0. The summed E-state index contributed by atoms with van der Waals surface area (Å²) >= 11 is 0. The molecule has 0 saturated carbocycles. The molecule has 2 N–H and O–H groups in total. The van der Waals surface area contributed by atoms with Gasteiger partial charge in [0.2, 0.25) is 5.91 Å². The molecule has 4 nitrogen and oxygen atoms in total. The molecule has 0 saturated heterocycles. The lowest BCUT2D eigenvalue weighted by atomic mass is 9.95. The van der Waals surface area contributed by atoms with Gasteiger partial charge in [-0.2, -0.15) is 0 Å². The molecule has 0 aliphatic heterocycles. The Morgan fingerprint density at radius 2 is 1.79 bits per heavy atom. The van der Waals surface area contributed by atoms with E-state index < -0.39 is 5.41 Å². The lowest BCUT2D eigenvalue weighted by molar-refractivity contribution is -0.123. The number of benzene rings is 1. The molecule has 104 valence electrons. The number of nitrogens with one attached hydrogen (secondary N) is 2. The maximum Gasteiger partial charge on any atom is 0.253 e. The molecule has 0 fully saturated rings. The summed E-state index contributed by atoms with van der Waals surface area (Å²) in [5, 5.41) is 5.62. The van der Waals surface area contributed by atoms with Crippen LogP contribution < -0.4 is 10.6 Å². The van der Waals surface area contributed by atoms with Crippen molar-refractivity contribution in [1.29, 1.82) is 0 Å². The molecule has 0 bridgehead atoms. The Bertz CT molecular complexity index is 461. The van der Waals surface area contributed by atoms with Crippen molar-refractivity contribution in [3.05, 3.63) is 29.8 Å². The lowest BCUT2D eigenvalue weighted by Crippen LogP contribution is -2.30. The minimum atomic E-state index is -0.493. The molecule has 0 aliphatic carbocycles. The Hall–Kier alpha value is -1.84. The summed E-state index contributed by atoms with van der Waals surface area (Å²) in [6.07, 6.45) is 0.877. The van der Waals surface area contributed by atoms with Crippen molar-refractivity contribution in [2.75, 3.05) is 11.9 Å². The monoisotopic (exact) mass is 262 g/mol. The molecule has 0 radical (unpaired) electrons. The normalized spacial score (nSPS) is 10.9. The molecule has 0 aromatic heterocycles. The minimum absolute atomic E-state index is 0.108. The van der Waals surface area contributed by atoms with Crippen LogP contribution in [0.4, 0.5) is 5.69 Å². The number of hydrogen-bond acceptors (Lipinski definition) is 2. The Morgan fingerprint density at radius 1 is 1.16 bits per heavy atom. The molecular formula is C15H22N2O2. The van der Waals surface area contributed by atoms with Gasteiger partial charge >= 0.3 is 0 Å². The van der Waals surface area contributed by atoms with Crippen molar-refractivity contribution >= 4 is 17.5 Å². The highest BCUT2D eigenvalue weighted by Gasteiger charge is 2.22. The zero-order valence-corrected chi connectivity index (χ0v) is 12.0. The predicted molar refractivity (Wildman–Crippen MR) is 77.2 cm³/mol. The van der Waals surface area contributed by atoms with Crippen molar-refractivity contribution in [1.82, 2.24) is 5.32 Å². The highest BCUT2D eigenvalue weighted by atomic mass is 16.2. The highest BCUT2D eigenvalue weighted by molar-refractivity contribution is 6.04. The Kier molecular flexibility index (Phi) is 5.10. The SMILES string of the molecule is CCCNC(=O)c1ccccc1NC(=O)C(C)(C)C. The number of para-hydroxylation sites is 1. The number of anilines is 1. The summed E-state index contributed by atoms with van der Waals surface area (Å²) in [4.78, 5) is 24.0. The molecule has 4 heteroatoms. The van der Waals surface area contributed by atoms with Gasteiger partial charge in [-0.1, -0.05) is 39.8 Å². The quantitative estimate of drug-likeness (QED) is 0.876. The van der Waals surface area contributed by atoms with Crippen molar-refractivity contribution in [2.45, 2.75) is 34.1 Å². The van der Waals surface area contributed by atoms with Crippen LogP contribution >= 0.6 is 0 Å². The van der Waals surface area contributed by atoms with Crippen molar-refractivity contribution < 1.29 is 9.59 Å². The summed E-state index contributed by atoms with van der Waals surface area (Å²) < 4.78 is 0. The van der Waals surface area contributed by atoms with Crippen LogP contribution in [0.5, 0.6) is 0 Å². The van der Waals surface area contributed by atoms with E-state index in [-0.39, 0.29) is 11.8 Å². The van der Waals surface area contributed by atoms with E-state index in [0.717, 1.165) is 6.42 Å². The molecule has 0 atom stereocenters. The molecule has 2 amide bonds. The van der Waals surface area contributed by atoms with E-state index in [9.17, 15) is 9.59 Å². The second kappa shape index (κ2) is 6.36. The molecule has 0 unspecified atom stereocenters. The number of rotatable bonds is 4. The fourth-order valence-corrected chi connectivity index (χ4v) is 1.43. The van der Waals surface area contributed by atoms with Gasteiger partial charge in [0.15, 0.2) is 0 Å². The fraction of sp³-hybridized carbons (Fsp3) is 0.467. The van der Waals surface area contributed by atoms with Crippen LogP contribution in [0.3, 0.4) is 0 Å². The first-order chi connectivity index (χ1) is 8.86. The van der Waals surface area contributed by atoms with Crippen LogP contribution in [0.1, 0.15) is 44.5 Å². The third-order valence-electron chi connectivity index (χ3n) is 2.64. The number of carbonyl (C=O) groups is 2.